The van der Waals surface area contributed by atoms with Crippen LogP contribution >= 0.6 is 0 Å². The van der Waals surface area contributed by atoms with Crippen molar-refractivity contribution in [2.24, 2.45) is 5.92 Å². The van der Waals surface area contributed by atoms with E-state index in [-0.39, 0.29) is 6.54 Å². The summed E-state index contributed by atoms with van der Waals surface area (Å²) in [5, 5.41) is -0.653. The molecule has 0 aromatic heterocycles. The number of rotatable bonds is 5. The zero-order valence-corrected chi connectivity index (χ0v) is 11.1. The van der Waals surface area contributed by atoms with Gasteiger partial charge >= 0.3 is 5.97 Å². The van der Waals surface area contributed by atoms with Crippen molar-refractivity contribution in [1.82, 2.24) is 4.31 Å². The number of carbonyl (C=O) groups is 1. The van der Waals surface area contributed by atoms with Crippen molar-refractivity contribution in [3.8, 4) is 0 Å². The van der Waals surface area contributed by atoms with Crippen LogP contribution < -0.4 is 0 Å². The summed E-state index contributed by atoms with van der Waals surface area (Å²) in [5.41, 5.74) is 0. The number of hydrogen-bond acceptors (Lipinski definition) is 4. The highest BCUT2D eigenvalue weighted by Gasteiger charge is 2.43. The Labute approximate surface area is 102 Å². The lowest BCUT2D eigenvalue weighted by Crippen LogP contribution is -2.40. The Bertz CT molecular complexity index is 390. The van der Waals surface area contributed by atoms with Crippen molar-refractivity contribution in [3.05, 3.63) is 12.7 Å². The molecular weight excluding hydrogens is 242 g/mol. The summed E-state index contributed by atoms with van der Waals surface area (Å²) in [7, 11) is -0.651. The van der Waals surface area contributed by atoms with Gasteiger partial charge in [0.15, 0.2) is 0 Å². The fourth-order valence-electron chi connectivity index (χ4n) is 2.22. The van der Waals surface area contributed by atoms with Crippen LogP contribution in [0.2, 0.25) is 0 Å². The third-order valence-electron chi connectivity index (χ3n) is 3.16. The number of carbonyl (C=O) groups excluding carboxylic acids is 1. The maximum Gasteiger partial charge on any atom is 0.310 e. The van der Waals surface area contributed by atoms with Gasteiger partial charge in [0.05, 0.1) is 18.3 Å². The van der Waals surface area contributed by atoms with Gasteiger partial charge in [0.2, 0.25) is 10.0 Å². The molecule has 98 valence electrons. The van der Waals surface area contributed by atoms with Crippen molar-refractivity contribution in [1.29, 1.82) is 0 Å². The summed E-state index contributed by atoms with van der Waals surface area (Å²) in [6.07, 6.45) is 3.37. The van der Waals surface area contributed by atoms with Gasteiger partial charge in [-0.2, -0.15) is 0 Å². The Morgan fingerprint density at radius 2 is 2.18 bits per heavy atom. The number of methoxy groups -OCH3 is 1. The van der Waals surface area contributed by atoms with Gasteiger partial charge in [-0.05, 0) is 12.8 Å². The molecule has 2 unspecified atom stereocenters. The van der Waals surface area contributed by atoms with E-state index >= 15 is 0 Å². The first-order chi connectivity index (χ1) is 7.95. The lowest BCUT2D eigenvalue weighted by atomic mass is 10.1. The normalized spacial score (nSPS) is 24.9. The van der Waals surface area contributed by atoms with Crippen molar-refractivity contribution < 1.29 is 17.9 Å². The van der Waals surface area contributed by atoms with Crippen molar-refractivity contribution in [2.45, 2.75) is 24.5 Å². The monoisotopic (exact) mass is 261 g/mol. The van der Waals surface area contributed by atoms with Crippen LogP contribution in [0.25, 0.3) is 0 Å². The predicted octanol–water partition coefficient (Wildman–Crippen LogP) is 0.776. The average molecular weight is 261 g/mol. The standard InChI is InChI=1S/C11H19NO4S/c1-4-8-12(2)17(14,15)10-7-5-6-9(10)11(13)16-3/h4,9-10H,1,5-8H2,2-3H3. The lowest BCUT2D eigenvalue weighted by molar-refractivity contribution is -0.145. The van der Waals surface area contributed by atoms with Crippen LogP contribution in [0.3, 0.4) is 0 Å². The molecule has 1 saturated carbocycles. The van der Waals surface area contributed by atoms with Gasteiger partial charge in [0.1, 0.15) is 0 Å². The molecule has 0 amide bonds. The quantitative estimate of drug-likeness (QED) is 0.542. The Morgan fingerprint density at radius 1 is 1.53 bits per heavy atom. The van der Waals surface area contributed by atoms with E-state index in [1.807, 2.05) is 0 Å². The van der Waals surface area contributed by atoms with Crippen molar-refractivity contribution in [3.63, 3.8) is 0 Å². The maximum atomic E-state index is 12.2. The molecular formula is C11H19NO4S. The highest BCUT2D eigenvalue weighted by Crippen LogP contribution is 2.33. The van der Waals surface area contributed by atoms with Crippen molar-refractivity contribution in [2.75, 3.05) is 20.7 Å². The van der Waals surface area contributed by atoms with Crippen LogP contribution in [-0.4, -0.2) is 44.6 Å². The minimum absolute atomic E-state index is 0.257. The highest BCUT2D eigenvalue weighted by atomic mass is 32.2. The SMILES string of the molecule is C=CCN(C)S(=O)(=O)C1CCCC1C(=O)OC. The minimum Gasteiger partial charge on any atom is -0.469 e. The smallest absolute Gasteiger partial charge is 0.310 e. The number of hydrogen-bond donors (Lipinski definition) is 0. The van der Waals surface area contributed by atoms with Crippen molar-refractivity contribution >= 4 is 16.0 Å². The van der Waals surface area contributed by atoms with E-state index in [9.17, 15) is 13.2 Å². The second-order valence-electron chi connectivity index (χ2n) is 4.21. The molecule has 6 heteroatoms. The Morgan fingerprint density at radius 3 is 2.71 bits per heavy atom. The van der Waals surface area contributed by atoms with Crippen LogP contribution in [0.15, 0.2) is 12.7 Å². The molecule has 5 nitrogen and oxygen atoms in total. The molecule has 17 heavy (non-hydrogen) atoms. The summed E-state index contributed by atoms with van der Waals surface area (Å²) in [5.74, 6) is -0.958. The molecule has 1 aliphatic rings. The first-order valence-corrected chi connectivity index (χ1v) is 7.09. The summed E-state index contributed by atoms with van der Waals surface area (Å²) < 4.78 is 30.3. The van der Waals surface area contributed by atoms with Crippen LogP contribution in [0.1, 0.15) is 19.3 Å². The first kappa shape index (κ1) is 14.2. The topological polar surface area (TPSA) is 63.7 Å². The Balaban J connectivity index is 2.90. The summed E-state index contributed by atoms with van der Waals surface area (Å²) in [6, 6.07) is 0. The number of ether oxygens (including phenoxy) is 1. The van der Waals surface area contributed by atoms with E-state index in [1.165, 1.54) is 24.5 Å². The van der Waals surface area contributed by atoms with Gasteiger partial charge in [-0.3, -0.25) is 4.79 Å². The fraction of sp³-hybridized carbons (Fsp3) is 0.727. The maximum absolute atomic E-state index is 12.2. The summed E-state index contributed by atoms with van der Waals surface area (Å²) in [6.45, 7) is 3.77. The molecule has 0 bridgehead atoms. The van der Waals surface area contributed by atoms with Gasteiger partial charge in [0.25, 0.3) is 0 Å². The molecule has 0 N–H and O–H groups in total. The summed E-state index contributed by atoms with van der Waals surface area (Å²) in [4.78, 5) is 11.5. The van der Waals surface area contributed by atoms with Crippen LogP contribution in [0.4, 0.5) is 0 Å². The second-order valence-corrected chi connectivity index (χ2v) is 6.47. The molecule has 0 aliphatic heterocycles. The van der Waals surface area contributed by atoms with Crippen LogP contribution in [0, 0.1) is 5.92 Å². The Hall–Kier alpha value is -0.880. The van der Waals surface area contributed by atoms with E-state index in [0.29, 0.717) is 12.8 Å². The van der Waals surface area contributed by atoms with Gasteiger partial charge < -0.3 is 4.74 Å². The first-order valence-electron chi connectivity index (χ1n) is 5.59. The van der Waals surface area contributed by atoms with Gasteiger partial charge in [-0.15, -0.1) is 6.58 Å². The second kappa shape index (κ2) is 5.64. The molecule has 0 aromatic carbocycles. The average Bonchev–Trinajstić information content (AvgIpc) is 2.77. The number of sulfonamides is 1. The molecule has 1 fully saturated rings. The number of likely N-dealkylation sites (N-methyl/N-ethyl adjacent to an activating group) is 1. The van der Waals surface area contributed by atoms with E-state index < -0.39 is 27.2 Å². The highest BCUT2D eigenvalue weighted by molar-refractivity contribution is 7.89. The van der Waals surface area contributed by atoms with E-state index in [4.69, 9.17) is 0 Å². The molecule has 1 rings (SSSR count). The minimum atomic E-state index is -3.44. The molecule has 1 aliphatic carbocycles. The zero-order chi connectivity index (χ0) is 13.1. The number of esters is 1. The van der Waals surface area contributed by atoms with E-state index in [2.05, 4.69) is 11.3 Å². The third kappa shape index (κ3) is 2.87. The van der Waals surface area contributed by atoms with Gasteiger partial charge in [-0.25, -0.2) is 12.7 Å². The molecule has 0 aromatic rings. The fourth-order valence-corrected chi connectivity index (χ4v) is 4.12. The zero-order valence-electron chi connectivity index (χ0n) is 10.3. The molecule has 0 spiro atoms. The van der Waals surface area contributed by atoms with Gasteiger partial charge in [0, 0.05) is 13.6 Å². The van der Waals surface area contributed by atoms with E-state index in [0.717, 1.165) is 6.42 Å². The number of nitrogens with zero attached hydrogens (tertiary/aromatic N) is 1. The lowest BCUT2D eigenvalue weighted by Gasteiger charge is -2.23. The third-order valence-corrected chi connectivity index (χ3v) is 5.51. The molecule has 0 radical (unpaired) electrons. The van der Waals surface area contributed by atoms with Gasteiger partial charge in [-0.1, -0.05) is 12.5 Å². The van der Waals surface area contributed by atoms with Crippen LogP contribution in [-0.2, 0) is 19.6 Å². The predicted molar refractivity (Wildman–Crippen MR) is 64.9 cm³/mol. The largest absolute Gasteiger partial charge is 0.469 e. The molecule has 0 saturated heterocycles. The molecule has 2 atom stereocenters. The van der Waals surface area contributed by atoms with E-state index in [1.54, 1.807) is 0 Å². The molecule has 0 heterocycles. The van der Waals surface area contributed by atoms with Crippen LogP contribution in [0.5, 0.6) is 0 Å². The summed E-state index contributed by atoms with van der Waals surface area (Å²) >= 11 is 0. The Kier molecular flexibility index (Phi) is 4.70.